The molecule has 0 spiro atoms. The summed E-state index contributed by atoms with van der Waals surface area (Å²) in [4.78, 5) is 0. The van der Waals surface area contributed by atoms with Gasteiger partial charge in [-0.3, -0.25) is 0 Å². The van der Waals surface area contributed by atoms with Gasteiger partial charge in [-0.05, 0) is 40.5 Å². The zero-order valence-electron chi connectivity index (χ0n) is 15.7. The fourth-order valence-corrected chi connectivity index (χ4v) is 3.49. The number of rotatable bonds is 7. The van der Waals surface area contributed by atoms with Crippen LogP contribution < -0.4 is 0 Å². The Balaban J connectivity index is 1.63. The smallest absolute Gasteiger partial charge is 0.190 e. The average Bonchev–Trinajstić information content (AvgIpc) is 3.13. The molecule has 0 unspecified atom stereocenters. The quantitative estimate of drug-likeness (QED) is 0.518. The standard InChI is InChI=1S/C19H30O6/c1-7-12(2)9-8-10-20-15-14(13-11-21-18(3,4)23-13)22-17-16(15)24-19(5,6)25-17/h7,13-17H,1-2,8-11H2,3-6H3/t13-,14-,15+,16-,17-/m1/s1. The van der Waals surface area contributed by atoms with Crippen LogP contribution in [0.25, 0.3) is 0 Å². The summed E-state index contributed by atoms with van der Waals surface area (Å²) in [6.45, 7) is 16.3. The Hall–Kier alpha value is -0.760. The van der Waals surface area contributed by atoms with E-state index < -0.39 is 17.9 Å². The Morgan fingerprint density at radius 2 is 1.88 bits per heavy atom. The van der Waals surface area contributed by atoms with Gasteiger partial charge < -0.3 is 28.4 Å². The molecule has 0 aromatic heterocycles. The first kappa shape index (κ1) is 19.0. The van der Waals surface area contributed by atoms with Crippen LogP contribution in [0.1, 0.15) is 40.5 Å². The van der Waals surface area contributed by atoms with Gasteiger partial charge in [-0.25, -0.2) is 0 Å². The second-order valence-corrected chi connectivity index (χ2v) is 7.74. The SMILES string of the molecule is C=CC(=C)CCCO[C@@H]1[C@H]2OC(C)(C)O[C@H]2O[C@@H]1[C@H]1COC(C)(C)O1. The predicted octanol–water partition coefficient (Wildman–Crippen LogP) is 2.92. The Morgan fingerprint density at radius 3 is 2.52 bits per heavy atom. The van der Waals surface area contributed by atoms with Crippen LogP contribution in [-0.4, -0.2) is 55.5 Å². The summed E-state index contributed by atoms with van der Waals surface area (Å²) in [6.07, 6.45) is 2.04. The van der Waals surface area contributed by atoms with E-state index in [1.54, 1.807) is 6.08 Å². The first-order valence-corrected chi connectivity index (χ1v) is 8.95. The van der Waals surface area contributed by atoms with Crippen molar-refractivity contribution in [3.8, 4) is 0 Å². The highest BCUT2D eigenvalue weighted by molar-refractivity contribution is 5.10. The zero-order chi connectivity index (χ0) is 18.2. The molecule has 0 bridgehead atoms. The second-order valence-electron chi connectivity index (χ2n) is 7.74. The molecular formula is C19H30O6. The van der Waals surface area contributed by atoms with E-state index in [2.05, 4.69) is 13.2 Å². The zero-order valence-corrected chi connectivity index (χ0v) is 15.7. The lowest BCUT2D eigenvalue weighted by Crippen LogP contribution is -2.44. The van der Waals surface area contributed by atoms with Crippen LogP contribution >= 0.6 is 0 Å². The molecule has 0 saturated carbocycles. The van der Waals surface area contributed by atoms with Crippen LogP contribution in [0.15, 0.2) is 24.8 Å². The maximum atomic E-state index is 6.16. The molecule has 6 heteroatoms. The van der Waals surface area contributed by atoms with E-state index in [0.717, 1.165) is 18.4 Å². The lowest BCUT2D eigenvalue weighted by Gasteiger charge is -2.29. The van der Waals surface area contributed by atoms with Gasteiger partial charge in [0.1, 0.15) is 24.4 Å². The third kappa shape index (κ3) is 4.32. The molecule has 5 atom stereocenters. The second kappa shape index (κ2) is 7.10. The van der Waals surface area contributed by atoms with Gasteiger partial charge in [0.15, 0.2) is 17.9 Å². The lowest BCUT2D eigenvalue weighted by molar-refractivity contribution is -0.236. The molecule has 0 aliphatic carbocycles. The highest BCUT2D eigenvalue weighted by atomic mass is 16.8. The molecule has 3 aliphatic rings. The molecular weight excluding hydrogens is 324 g/mol. The molecule has 6 nitrogen and oxygen atoms in total. The monoisotopic (exact) mass is 354 g/mol. The summed E-state index contributed by atoms with van der Waals surface area (Å²) in [5.74, 6) is -1.29. The minimum Gasteiger partial charge on any atom is -0.372 e. The molecule has 0 amide bonds. The van der Waals surface area contributed by atoms with Crippen molar-refractivity contribution in [2.75, 3.05) is 13.2 Å². The molecule has 3 rings (SSSR count). The van der Waals surface area contributed by atoms with E-state index >= 15 is 0 Å². The third-order valence-corrected chi connectivity index (χ3v) is 4.66. The van der Waals surface area contributed by atoms with Crippen molar-refractivity contribution in [1.29, 1.82) is 0 Å². The maximum absolute atomic E-state index is 6.16. The molecule has 3 aliphatic heterocycles. The lowest BCUT2D eigenvalue weighted by atomic mass is 10.1. The fraction of sp³-hybridized carbons (Fsp3) is 0.789. The first-order valence-electron chi connectivity index (χ1n) is 8.95. The summed E-state index contributed by atoms with van der Waals surface area (Å²) in [5, 5.41) is 0. The van der Waals surface area contributed by atoms with Crippen LogP contribution in [-0.2, 0) is 28.4 Å². The minimum atomic E-state index is -0.675. The van der Waals surface area contributed by atoms with Gasteiger partial charge in [0.25, 0.3) is 0 Å². The summed E-state index contributed by atoms with van der Waals surface area (Å²) < 4.78 is 35.8. The average molecular weight is 354 g/mol. The predicted molar refractivity (Wildman–Crippen MR) is 91.9 cm³/mol. The Bertz CT molecular complexity index is 514. The Kier molecular flexibility index (Phi) is 5.40. The van der Waals surface area contributed by atoms with Crippen LogP contribution in [0.3, 0.4) is 0 Å². The van der Waals surface area contributed by atoms with E-state index in [1.807, 2.05) is 27.7 Å². The summed E-state index contributed by atoms with van der Waals surface area (Å²) in [7, 11) is 0. The van der Waals surface area contributed by atoms with Crippen LogP contribution in [0.5, 0.6) is 0 Å². The van der Waals surface area contributed by atoms with Crippen molar-refractivity contribution in [2.45, 2.75) is 82.8 Å². The van der Waals surface area contributed by atoms with Crippen molar-refractivity contribution in [2.24, 2.45) is 0 Å². The molecule has 25 heavy (non-hydrogen) atoms. The van der Waals surface area contributed by atoms with Gasteiger partial charge in [0, 0.05) is 6.61 Å². The summed E-state index contributed by atoms with van der Waals surface area (Å²) in [6, 6.07) is 0. The maximum Gasteiger partial charge on any atom is 0.190 e. The molecule has 0 aromatic carbocycles. The molecule has 3 saturated heterocycles. The van der Waals surface area contributed by atoms with Gasteiger partial charge in [0.05, 0.1) is 6.61 Å². The van der Waals surface area contributed by atoms with Crippen LogP contribution in [0, 0.1) is 0 Å². The van der Waals surface area contributed by atoms with Crippen molar-refractivity contribution >= 4 is 0 Å². The van der Waals surface area contributed by atoms with Gasteiger partial charge in [-0.2, -0.15) is 0 Å². The van der Waals surface area contributed by atoms with E-state index in [-0.39, 0.29) is 24.4 Å². The van der Waals surface area contributed by atoms with E-state index in [4.69, 9.17) is 28.4 Å². The summed E-state index contributed by atoms with van der Waals surface area (Å²) >= 11 is 0. The minimum absolute atomic E-state index is 0.205. The fourth-order valence-electron chi connectivity index (χ4n) is 3.49. The third-order valence-electron chi connectivity index (χ3n) is 4.66. The topological polar surface area (TPSA) is 55.4 Å². The largest absolute Gasteiger partial charge is 0.372 e. The van der Waals surface area contributed by atoms with Crippen molar-refractivity contribution in [1.82, 2.24) is 0 Å². The Labute approximate surface area is 150 Å². The molecule has 0 N–H and O–H groups in total. The normalized spacial score (nSPS) is 38.6. The highest BCUT2D eigenvalue weighted by Crippen LogP contribution is 2.41. The van der Waals surface area contributed by atoms with Gasteiger partial charge in [-0.15, -0.1) is 0 Å². The number of hydrogen-bond donors (Lipinski definition) is 0. The number of fused-ring (bicyclic) bond motifs is 1. The van der Waals surface area contributed by atoms with Gasteiger partial charge in [0.2, 0.25) is 0 Å². The number of ether oxygens (including phenoxy) is 6. The number of hydrogen-bond acceptors (Lipinski definition) is 6. The van der Waals surface area contributed by atoms with Crippen molar-refractivity contribution < 1.29 is 28.4 Å². The van der Waals surface area contributed by atoms with Gasteiger partial charge >= 0.3 is 0 Å². The van der Waals surface area contributed by atoms with Crippen molar-refractivity contribution in [3.05, 3.63) is 24.8 Å². The van der Waals surface area contributed by atoms with Crippen LogP contribution in [0.2, 0.25) is 0 Å². The first-order chi connectivity index (χ1) is 11.7. The van der Waals surface area contributed by atoms with E-state index in [9.17, 15) is 0 Å². The number of allylic oxidation sites excluding steroid dienone is 2. The Morgan fingerprint density at radius 1 is 1.12 bits per heavy atom. The molecule has 0 radical (unpaired) electrons. The molecule has 0 aromatic rings. The van der Waals surface area contributed by atoms with E-state index in [1.165, 1.54) is 0 Å². The van der Waals surface area contributed by atoms with Gasteiger partial charge in [-0.1, -0.05) is 24.8 Å². The van der Waals surface area contributed by atoms with Crippen molar-refractivity contribution in [3.63, 3.8) is 0 Å². The highest BCUT2D eigenvalue weighted by Gasteiger charge is 2.58. The summed E-state index contributed by atoms with van der Waals surface area (Å²) in [5.41, 5.74) is 1.01. The molecule has 3 heterocycles. The molecule has 142 valence electrons. The van der Waals surface area contributed by atoms with Crippen LogP contribution in [0.4, 0.5) is 0 Å². The molecule has 3 fully saturated rings. The van der Waals surface area contributed by atoms with E-state index in [0.29, 0.717) is 13.2 Å².